The molecule has 0 bridgehead atoms. The second-order valence-electron chi connectivity index (χ2n) is 6.89. The summed E-state index contributed by atoms with van der Waals surface area (Å²) in [5.41, 5.74) is 7.90. The number of thiazole rings is 1. The molecule has 5 aromatic rings. The number of benzene rings is 3. The fourth-order valence-electron chi connectivity index (χ4n) is 3.83. The molecule has 0 amide bonds. The van der Waals surface area contributed by atoms with E-state index in [9.17, 15) is 0 Å². The van der Waals surface area contributed by atoms with Gasteiger partial charge in [-0.3, -0.25) is 4.57 Å². The Kier molecular flexibility index (Phi) is 3.62. The van der Waals surface area contributed by atoms with Gasteiger partial charge < -0.3 is 0 Å². The topological polar surface area (TPSA) is 30.7 Å². The monoisotopic (exact) mass is 369 g/mol. The number of nitrogens with zero attached hydrogens (tertiary/aromatic N) is 3. The summed E-state index contributed by atoms with van der Waals surface area (Å²) in [7, 11) is 0. The second kappa shape index (κ2) is 6.03. The maximum Gasteiger partial charge on any atom is 0.147 e. The van der Waals surface area contributed by atoms with Gasteiger partial charge in [-0.05, 0) is 56.2 Å². The minimum Gasteiger partial charge on any atom is -0.292 e. The molecule has 3 aromatic carbocycles. The van der Waals surface area contributed by atoms with Gasteiger partial charge >= 0.3 is 0 Å². The number of fused-ring (bicyclic) bond motifs is 2. The average molecular weight is 369 g/mol. The van der Waals surface area contributed by atoms with E-state index in [4.69, 9.17) is 9.97 Å². The summed E-state index contributed by atoms with van der Waals surface area (Å²) in [6, 6.07) is 21.1. The van der Waals surface area contributed by atoms with Crippen molar-refractivity contribution in [2.75, 3.05) is 0 Å². The van der Waals surface area contributed by atoms with Gasteiger partial charge in [0.2, 0.25) is 0 Å². The number of imidazole rings is 1. The van der Waals surface area contributed by atoms with Crippen LogP contribution in [0.5, 0.6) is 0 Å². The molecule has 132 valence electrons. The molecule has 0 saturated carbocycles. The predicted molar refractivity (Wildman–Crippen MR) is 114 cm³/mol. The van der Waals surface area contributed by atoms with Crippen LogP contribution >= 0.6 is 11.3 Å². The highest BCUT2D eigenvalue weighted by atomic mass is 32.1. The van der Waals surface area contributed by atoms with E-state index in [1.165, 1.54) is 21.5 Å². The van der Waals surface area contributed by atoms with Crippen LogP contribution in [-0.4, -0.2) is 14.5 Å². The van der Waals surface area contributed by atoms with Crippen molar-refractivity contribution < 1.29 is 0 Å². The van der Waals surface area contributed by atoms with Crippen molar-refractivity contribution in [3.63, 3.8) is 0 Å². The standard InChI is InChI=1S/C23H19N3S/c1-14-8-6-9-15(2)22(14)26-19-12-5-4-11-18(19)25-23(26)17-10-7-13-20-21(17)24-16(3)27-20/h4-13H,1-3H3. The Labute approximate surface area is 162 Å². The highest BCUT2D eigenvalue weighted by Gasteiger charge is 2.19. The largest absolute Gasteiger partial charge is 0.292 e. The van der Waals surface area contributed by atoms with Crippen molar-refractivity contribution >= 4 is 32.6 Å². The van der Waals surface area contributed by atoms with Gasteiger partial charge in [-0.25, -0.2) is 9.97 Å². The van der Waals surface area contributed by atoms with Crippen LogP contribution < -0.4 is 0 Å². The zero-order chi connectivity index (χ0) is 18.5. The maximum atomic E-state index is 5.03. The van der Waals surface area contributed by atoms with Crippen LogP contribution in [0, 0.1) is 20.8 Å². The van der Waals surface area contributed by atoms with Gasteiger partial charge in [0.1, 0.15) is 5.82 Å². The van der Waals surface area contributed by atoms with Crippen molar-refractivity contribution in [1.82, 2.24) is 14.5 Å². The Hall–Kier alpha value is -2.98. The number of aromatic nitrogens is 3. The third-order valence-corrected chi connectivity index (χ3v) is 5.93. The van der Waals surface area contributed by atoms with Crippen molar-refractivity contribution in [2.24, 2.45) is 0 Å². The van der Waals surface area contributed by atoms with Crippen LogP contribution in [0.15, 0.2) is 60.7 Å². The van der Waals surface area contributed by atoms with E-state index >= 15 is 0 Å². The molecule has 0 radical (unpaired) electrons. The molecule has 0 aliphatic carbocycles. The molecule has 2 aromatic heterocycles. The first-order valence-electron chi connectivity index (χ1n) is 9.04. The molecule has 0 atom stereocenters. The summed E-state index contributed by atoms with van der Waals surface area (Å²) in [4.78, 5) is 9.83. The second-order valence-corrected chi connectivity index (χ2v) is 8.12. The Morgan fingerprint density at radius 3 is 2.33 bits per heavy atom. The van der Waals surface area contributed by atoms with Gasteiger partial charge in [-0.1, -0.05) is 36.4 Å². The quantitative estimate of drug-likeness (QED) is 0.369. The molecule has 27 heavy (non-hydrogen) atoms. The first-order chi connectivity index (χ1) is 13.1. The van der Waals surface area contributed by atoms with Gasteiger partial charge in [-0.2, -0.15) is 0 Å². The number of rotatable bonds is 2. The molecule has 2 heterocycles. The predicted octanol–water partition coefficient (Wildman–Crippen LogP) is 6.23. The smallest absolute Gasteiger partial charge is 0.147 e. The van der Waals surface area contributed by atoms with Crippen LogP contribution in [-0.2, 0) is 0 Å². The normalized spacial score (nSPS) is 11.5. The Balaban J connectivity index is 1.94. The van der Waals surface area contributed by atoms with Crippen LogP contribution in [0.4, 0.5) is 0 Å². The summed E-state index contributed by atoms with van der Waals surface area (Å²) in [6.45, 7) is 6.38. The molecule has 0 aliphatic rings. The van der Waals surface area contributed by atoms with Gasteiger partial charge in [0, 0.05) is 5.56 Å². The molecular weight excluding hydrogens is 350 g/mol. The summed E-state index contributed by atoms with van der Waals surface area (Å²) in [6.07, 6.45) is 0. The van der Waals surface area contributed by atoms with E-state index in [1.54, 1.807) is 11.3 Å². The van der Waals surface area contributed by atoms with E-state index in [0.29, 0.717) is 0 Å². The number of hydrogen-bond acceptors (Lipinski definition) is 3. The molecule has 3 nitrogen and oxygen atoms in total. The third-order valence-electron chi connectivity index (χ3n) is 4.99. The third kappa shape index (κ3) is 2.48. The van der Waals surface area contributed by atoms with Gasteiger partial charge in [0.05, 0.1) is 31.9 Å². The molecule has 0 aliphatic heterocycles. The van der Waals surface area contributed by atoms with Crippen molar-refractivity contribution in [3.05, 3.63) is 76.8 Å². The summed E-state index contributed by atoms with van der Waals surface area (Å²) < 4.78 is 3.49. The minimum absolute atomic E-state index is 0.949. The van der Waals surface area contributed by atoms with E-state index in [0.717, 1.165) is 32.9 Å². The van der Waals surface area contributed by atoms with Crippen molar-refractivity contribution in [3.8, 4) is 17.1 Å². The SMILES string of the molecule is Cc1nc2c(-c3nc4ccccc4n3-c3c(C)cccc3C)cccc2s1. The maximum absolute atomic E-state index is 5.03. The Bertz CT molecular complexity index is 1290. The van der Waals surface area contributed by atoms with E-state index in [-0.39, 0.29) is 0 Å². The lowest BCUT2D eigenvalue weighted by Gasteiger charge is -2.15. The van der Waals surface area contributed by atoms with E-state index < -0.39 is 0 Å². The Morgan fingerprint density at radius 2 is 1.52 bits per heavy atom. The van der Waals surface area contributed by atoms with E-state index in [2.05, 4.69) is 79.9 Å². The van der Waals surface area contributed by atoms with Crippen LogP contribution in [0.1, 0.15) is 16.1 Å². The molecule has 0 unspecified atom stereocenters. The fraction of sp³-hybridized carbons (Fsp3) is 0.130. The number of para-hydroxylation sites is 4. The fourth-order valence-corrected chi connectivity index (χ4v) is 4.69. The molecule has 4 heteroatoms. The minimum atomic E-state index is 0.949. The molecule has 0 saturated heterocycles. The summed E-state index contributed by atoms with van der Waals surface area (Å²) in [5, 5.41) is 1.08. The van der Waals surface area contributed by atoms with Crippen molar-refractivity contribution in [1.29, 1.82) is 0 Å². The molecule has 0 spiro atoms. The first kappa shape index (κ1) is 16.2. The van der Waals surface area contributed by atoms with Crippen LogP contribution in [0.2, 0.25) is 0 Å². The number of aryl methyl sites for hydroxylation is 3. The lowest BCUT2D eigenvalue weighted by atomic mass is 10.1. The molecule has 0 N–H and O–H groups in total. The summed E-state index contributed by atoms with van der Waals surface area (Å²) in [5.74, 6) is 0.949. The lowest BCUT2D eigenvalue weighted by molar-refractivity contribution is 1.06. The summed E-state index contributed by atoms with van der Waals surface area (Å²) >= 11 is 1.73. The van der Waals surface area contributed by atoms with Crippen molar-refractivity contribution in [2.45, 2.75) is 20.8 Å². The lowest BCUT2D eigenvalue weighted by Crippen LogP contribution is -2.02. The van der Waals surface area contributed by atoms with Gasteiger partial charge in [0.15, 0.2) is 0 Å². The molecule has 0 fully saturated rings. The highest BCUT2D eigenvalue weighted by Crippen LogP contribution is 2.36. The van der Waals surface area contributed by atoms with Crippen LogP contribution in [0.25, 0.3) is 38.3 Å². The zero-order valence-corrected chi connectivity index (χ0v) is 16.3. The average Bonchev–Trinajstić information content (AvgIpc) is 3.21. The van der Waals surface area contributed by atoms with Gasteiger partial charge in [-0.15, -0.1) is 11.3 Å². The molecular formula is C23H19N3S. The van der Waals surface area contributed by atoms with Crippen LogP contribution in [0.3, 0.4) is 0 Å². The first-order valence-corrected chi connectivity index (χ1v) is 9.86. The number of hydrogen-bond donors (Lipinski definition) is 0. The molecule has 5 rings (SSSR count). The highest BCUT2D eigenvalue weighted by molar-refractivity contribution is 7.18. The Morgan fingerprint density at radius 1 is 0.778 bits per heavy atom. The van der Waals surface area contributed by atoms with E-state index in [1.807, 2.05) is 6.07 Å². The zero-order valence-electron chi connectivity index (χ0n) is 15.5. The van der Waals surface area contributed by atoms with Gasteiger partial charge in [0.25, 0.3) is 0 Å².